The van der Waals surface area contributed by atoms with Crippen molar-refractivity contribution in [3.63, 3.8) is 0 Å². The van der Waals surface area contributed by atoms with E-state index in [4.69, 9.17) is 0 Å². The number of carbonyl (C=O) groups is 1. The number of hydrogen-bond donors (Lipinski definition) is 1. The minimum absolute atomic E-state index is 0.0159. The zero-order chi connectivity index (χ0) is 20.6. The van der Waals surface area contributed by atoms with Crippen molar-refractivity contribution < 1.29 is 17.6 Å². The highest BCUT2D eigenvalue weighted by molar-refractivity contribution is 7.89. The van der Waals surface area contributed by atoms with E-state index < -0.39 is 15.8 Å². The van der Waals surface area contributed by atoms with Crippen molar-refractivity contribution in [2.24, 2.45) is 0 Å². The molecule has 8 heteroatoms. The van der Waals surface area contributed by atoms with Gasteiger partial charge in [0.1, 0.15) is 5.82 Å². The fraction of sp³-hybridized carbons (Fsp3) is 0.650. The highest BCUT2D eigenvalue weighted by atomic mass is 32.2. The summed E-state index contributed by atoms with van der Waals surface area (Å²) in [6.07, 6.45) is 5.72. The summed E-state index contributed by atoms with van der Waals surface area (Å²) < 4.78 is 39.7. The molecule has 1 N–H and O–H groups in total. The van der Waals surface area contributed by atoms with Gasteiger partial charge in [-0.05, 0) is 37.6 Å². The summed E-state index contributed by atoms with van der Waals surface area (Å²) in [5.41, 5.74) is 0. The first-order valence-corrected chi connectivity index (χ1v) is 11.5. The number of amides is 1. The van der Waals surface area contributed by atoms with E-state index in [1.807, 2.05) is 11.8 Å². The average Bonchev–Trinajstić information content (AvgIpc) is 2.66. The maximum atomic E-state index is 13.0. The lowest BCUT2D eigenvalue weighted by Crippen LogP contribution is -2.51. The molecule has 1 saturated heterocycles. The average molecular weight is 414 g/mol. The van der Waals surface area contributed by atoms with Gasteiger partial charge in [-0.3, -0.25) is 9.69 Å². The number of halogens is 1. The summed E-state index contributed by atoms with van der Waals surface area (Å²) in [5.74, 6) is -0.479. The van der Waals surface area contributed by atoms with Gasteiger partial charge in [0.05, 0.1) is 11.4 Å². The second kappa shape index (κ2) is 10.9. The van der Waals surface area contributed by atoms with E-state index in [1.54, 1.807) is 0 Å². The van der Waals surface area contributed by atoms with E-state index in [9.17, 15) is 17.6 Å². The van der Waals surface area contributed by atoms with Gasteiger partial charge in [-0.2, -0.15) is 4.31 Å². The zero-order valence-corrected chi connectivity index (χ0v) is 17.7. The van der Waals surface area contributed by atoms with Crippen molar-refractivity contribution in [3.8, 4) is 0 Å². The van der Waals surface area contributed by atoms with Gasteiger partial charge < -0.3 is 5.32 Å². The van der Waals surface area contributed by atoms with Crippen LogP contribution in [-0.2, 0) is 14.8 Å². The minimum Gasteiger partial charge on any atom is -0.353 e. The molecule has 0 unspecified atom stereocenters. The SMILES string of the molecule is CCCCCC[C@@H](C)NC(=O)CN1CCN(S(=O)(=O)c2ccc(F)cc2)CC1. The van der Waals surface area contributed by atoms with Crippen LogP contribution >= 0.6 is 0 Å². The molecule has 1 aromatic carbocycles. The van der Waals surface area contributed by atoms with Crippen molar-refractivity contribution in [2.75, 3.05) is 32.7 Å². The fourth-order valence-corrected chi connectivity index (χ4v) is 4.78. The number of benzene rings is 1. The third kappa shape index (κ3) is 6.83. The summed E-state index contributed by atoms with van der Waals surface area (Å²) >= 11 is 0. The lowest BCUT2D eigenvalue weighted by Gasteiger charge is -2.33. The number of rotatable bonds is 10. The first-order chi connectivity index (χ1) is 13.3. The van der Waals surface area contributed by atoms with Gasteiger partial charge in [-0.15, -0.1) is 0 Å². The van der Waals surface area contributed by atoms with Crippen molar-refractivity contribution in [2.45, 2.75) is 56.9 Å². The molecule has 158 valence electrons. The Hall–Kier alpha value is -1.51. The molecule has 1 aliphatic rings. The number of hydrogen-bond acceptors (Lipinski definition) is 4. The van der Waals surface area contributed by atoms with Crippen LogP contribution in [-0.4, -0.2) is 62.3 Å². The van der Waals surface area contributed by atoms with Crippen LogP contribution < -0.4 is 5.32 Å². The second-order valence-corrected chi connectivity index (χ2v) is 9.39. The van der Waals surface area contributed by atoms with Crippen LogP contribution in [0.5, 0.6) is 0 Å². The van der Waals surface area contributed by atoms with E-state index in [0.717, 1.165) is 25.0 Å². The summed E-state index contributed by atoms with van der Waals surface area (Å²) in [4.78, 5) is 14.3. The topological polar surface area (TPSA) is 69.7 Å². The van der Waals surface area contributed by atoms with Crippen LogP contribution in [0.1, 0.15) is 46.0 Å². The molecular weight excluding hydrogens is 381 g/mol. The van der Waals surface area contributed by atoms with E-state index in [-0.39, 0.29) is 23.4 Å². The standard InChI is InChI=1S/C20H32FN3O3S/c1-3-4-5-6-7-17(2)22-20(25)16-23-12-14-24(15-13-23)28(26,27)19-10-8-18(21)9-11-19/h8-11,17H,3-7,12-16H2,1-2H3,(H,22,25)/t17-/m1/s1. The van der Waals surface area contributed by atoms with Gasteiger partial charge in [-0.25, -0.2) is 12.8 Å². The van der Waals surface area contributed by atoms with Crippen LogP contribution in [0.25, 0.3) is 0 Å². The Bertz CT molecular complexity index is 717. The largest absolute Gasteiger partial charge is 0.353 e. The Kier molecular flexibility index (Phi) is 8.85. The van der Waals surface area contributed by atoms with Crippen LogP contribution in [0.4, 0.5) is 4.39 Å². The summed E-state index contributed by atoms with van der Waals surface area (Å²) in [6, 6.07) is 5.02. The Balaban J connectivity index is 1.75. The van der Waals surface area contributed by atoms with Crippen LogP contribution in [0.3, 0.4) is 0 Å². The van der Waals surface area contributed by atoms with Gasteiger partial charge in [0.2, 0.25) is 15.9 Å². The maximum Gasteiger partial charge on any atom is 0.243 e. The second-order valence-electron chi connectivity index (χ2n) is 7.45. The first kappa shape index (κ1) is 22.8. The molecule has 6 nitrogen and oxygen atoms in total. The van der Waals surface area contributed by atoms with Gasteiger partial charge in [0.15, 0.2) is 0 Å². The van der Waals surface area contributed by atoms with Crippen LogP contribution in [0, 0.1) is 5.82 Å². The normalized spacial score (nSPS) is 17.4. The van der Waals surface area contributed by atoms with Gasteiger partial charge in [-0.1, -0.05) is 32.6 Å². The van der Waals surface area contributed by atoms with Gasteiger partial charge >= 0.3 is 0 Å². The number of sulfonamides is 1. The lowest BCUT2D eigenvalue weighted by molar-refractivity contribution is -0.123. The predicted molar refractivity (Wildman–Crippen MR) is 108 cm³/mol. The number of unbranched alkanes of at least 4 members (excludes halogenated alkanes) is 3. The predicted octanol–water partition coefficient (Wildman–Crippen LogP) is 2.61. The third-order valence-corrected chi connectivity index (χ3v) is 6.96. The minimum atomic E-state index is -3.63. The zero-order valence-electron chi connectivity index (χ0n) is 16.9. The maximum absolute atomic E-state index is 13.0. The lowest BCUT2D eigenvalue weighted by atomic mass is 10.1. The molecule has 0 radical (unpaired) electrons. The van der Waals surface area contributed by atoms with Crippen LogP contribution in [0.2, 0.25) is 0 Å². The Morgan fingerprint density at radius 3 is 2.36 bits per heavy atom. The van der Waals surface area contributed by atoms with Crippen molar-refractivity contribution in [3.05, 3.63) is 30.1 Å². The molecule has 28 heavy (non-hydrogen) atoms. The highest BCUT2D eigenvalue weighted by Gasteiger charge is 2.29. The fourth-order valence-electron chi connectivity index (χ4n) is 3.36. The molecule has 2 rings (SSSR count). The Labute approximate surface area is 168 Å². The van der Waals surface area contributed by atoms with E-state index >= 15 is 0 Å². The molecule has 0 bridgehead atoms. The summed E-state index contributed by atoms with van der Waals surface area (Å²) in [6.45, 7) is 6.12. The molecule has 1 amide bonds. The number of nitrogens with one attached hydrogen (secondary N) is 1. The third-order valence-electron chi connectivity index (χ3n) is 5.05. The van der Waals surface area contributed by atoms with Gasteiger partial charge in [0, 0.05) is 32.2 Å². The Morgan fingerprint density at radius 2 is 1.75 bits per heavy atom. The van der Waals surface area contributed by atoms with E-state index in [0.29, 0.717) is 26.2 Å². The van der Waals surface area contributed by atoms with Crippen LogP contribution in [0.15, 0.2) is 29.2 Å². The molecule has 0 aromatic heterocycles. The molecule has 1 heterocycles. The molecular formula is C20H32FN3O3S. The Morgan fingerprint density at radius 1 is 1.11 bits per heavy atom. The number of piperazine rings is 1. The van der Waals surface area contributed by atoms with Crippen molar-refractivity contribution in [1.82, 2.24) is 14.5 Å². The van der Waals surface area contributed by atoms with Crippen molar-refractivity contribution >= 4 is 15.9 Å². The quantitative estimate of drug-likeness (QED) is 0.599. The van der Waals surface area contributed by atoms with E-state index in [2.05, 4.69) is 12.2 Å². The molecule has 0 aliphatic carbocycles. The summed E-state index contributed by atoms with van der Waals surface area (Å²) in [5, 5.41) is 3.03. The van der Waals surface area contributed by atoms with E-state index in [1.165, 1.54) is 35.7 Å². The molecule has 1 aromatic rings. The summed E-state index contributed by atoms with van der Waals surface area (Å²) in [7, 11) is -3.63. The molecule has 0 saturated carbocycles. The first-order valence-electron chi connectivity index (χ1n) is 10.1. The number of nitrogens with zero attached hydrogens (tertiary/aromatic N) is 2. The molecule has 1 aliphatic heterocycles. The van der Waals surface area contributed by atoms with Crippen molar-refractivity contribution in [1.29, 1.82) is 0 Å². The molecule has 0 spiro atoms. The number of carbonyl (C=O) groups excluding carboxylic acids is 1. The smallest absolute Gasteiger partial charge is 0.243 e. The molecule has 1 fully saturated rings. The highest BCUT2D eigenvalue weighted by Crippen LogP contribution is 2.18. The molecule has 1 atom stereocenters. The monoisotopic (exact) mass is 413 g/mol. The van der Waals surface area contributed by atoms with Gasteiger partial charge in [0.25, 0.3) is 0 Å².